The van der Waals surface area contributed by atoms with Gasteiger partial charge in [-0.05, 0) is 131 Å². The van der Waals surface area contributed by atoms with Crippen LogP contribution in [0, 0.1) is 11.8 Å². The van der Waals surface area contributed by atoms with Crippen molar-refractivity contribution in [1.82, 2.24) is 0 Å². The molecule has 0 nitrogen and oxygen atoms in total. The number of benzene rings is 9. The number of fused-ring (bicyclic) bond motifs is 12. The van der Waals surface area contributed by atoms with Crippen LogP contribution in [0.2, 0.25) is 39.3 Å². The smallest absolute Gasteiger partial charge is 0.0889 e. The highest BCUT2D eigenvalue weighted by atomic mass is 28.3. The van der Waals surface area contributed by atoms with E-state index in [9.17, 15) is 0 Å². The largest absolute Gasteiger partial charge is 0.103 e. The minimum Gasteiger partial charge on any atom is -0.103 e. The Hall–Kier alpha value is -7.93. The fourth-order valence-corrected chi connectivity index (χ4v) is 30.2. The molecule has 5 atom stereocenters. The van der Waals surface area contributed by atoms with Gasteiger partial charge in [-0.15, -0.1) is 13.2 Å². The molecule has 0 saturated heterocycles. The minimum atomic E-state index is -1.88. The Morgan fingerprint density at radius 3 is 0.989 bits per heavy atom. The Bertz CT molecular complexity index is 4210. The highest BCUT2D eigenvalue weighted by molar-refractivity contribution is 6.88. The molecule has 0 fully saturated rings. The summed E-state index contributed by atoms with van der Waals surface area (Å²) in [5.74, 6) is 2.45. The Labute approximate surface area is 542 Å². The van der Waals surface area contributed by atoms with Gasteiger partial charge in [0.25, 0.3) is 0 Å². The molecule has 9 aromatic rings. The zero-order valence-electron chi connectivity index (χ0n) is 54.7. The van der Waals surface area contributed by atoms with E-state index in [1.54, 1.807) is 15.6 Å². The first-order valence-corrected chi connectivity index (χ1v) is 42.8. The van der Waals surface area contributed by atoms with Crippen molar-refractivity contribution in [3.63, 3.8) is 0 Å². The molecule has 0 N–H and O–H groups in total. The molecule has 450 valence electrons. The molecule has 5 unspecified atom stereocenters. The lowest BCUT2D eigenvalue weighted by Gasteiger charge is -2.38. The number of hydrogen-bond donors (Lipinski definition) is 0. The van der Waals surface area contributed by atoms with Gasteiger partial charge >= 0.3 is 0 Å². The Morgan fingerprint density at radius 2 is 0.656 bits per heavy atom. The first-order chi connectivity index (χ1) is 43.7. The van der Waals surface area contributed by atoms with Gasteiger partial charge in [-0.3, -0.25) is 0 Å². The fourth-order valence-electron chi connectivity index (χ4n) is 18.0. The molecule has 6 aliphatic carbocycles. The molecular formula is C87H90Si3. The van der Waals surface area contributed by atoms with E-state index in [4.69, 9.17) is 0 Å². The lowest BCUT2D eigenvalue weighted by Crippen LogP contribution is -2.40. The van der Waals surface area contributed by atoms with Gasteiger partial charge in [-0.2, -0.15) is 0 Å². The van der Waals surface area contributed by atoms with Crippen molar-refractivity contribution < 1.29 is 0 Å². The summed E-state index contributed by atoms with van der Waals surface area (Å²) >= 11 is 0. The summed E-state index contributed by atoms with van der Waals surface area (Å²) in [6.07, 6.45) is 16.4. The molecule has 0 spiro atoms. The Morgan fingerprint density at radius 1 is 0.367 bits per heavy atom. The third-order valence-electron chi connectivity index (χ3n) is 22.3. The van der Waals surface area contributed by atoms with Crippen LogP contribution < -0.4 is 0 Å². The second-order valence-corrected chi connectivity index (χ2v) is 41.9. The molecule has 0 bridgehead atoms. The van der Waals surface area contributed by atoms with Gasteiger partial charge in [-0.25, -0.2) is 0 Å². The van der Waals surface area contributed by atoms with Crippen molar-refractivity contribution in [3.05, 3.63) is 338 Å². The molecule has 0 aromatic heterocycles. The van der Waals surface area contributed by atoms with Gasteiger partial charge in [0.05, 0.1) is 24.2 Å². The predicted molar refractivity (Wildman–Crippen MR) is 397 cm³/mol. The summed E-state index contributed by atoms with van der Waals surface area (Å²) < 4.78 is 0. The van der Waals surface area contributed by atoms with Crippen LogP contribution in [-0.4, -0.2) is 24.2 Å². The van der Waals surface area contributed by atoms with Crippen molar-refractivity contribution in [2.24, 2.45) is 11.8 Å². The van der Waals surface area contributed by atoms with Crippen LogP contribution in [0.3, 0.4) is 0 Å². The van der Waals surface area contributed by atoms with Crippen molar-refractivity contribution in [3.8, 4) is 33.4 Å². The van der Waals surface area contributed by atoms with E-state index in [-0.39, 0.29) is 0 Å². The predicted octanol–water partition coefficient (Wildman–Crippen LogP) is 24.1. The quantitative estimate of drug-likeness (QED) is 0.0709. The molecule has 0 amide bonds. The molecule has 6 aliphatic rings. The van der Waals surface area contributed by atoms with Gasteiger partial charge in [-0.1, -0.05) is 343 Å². The van der Waals surface area contributed by atoms with Crippen LogP contribution in [0.25, 0.3) is 51.6 Å². The van der Waals surface area contributed by atoms with Crippen molar-refractivity contribution in [2.75, 3.05) is 0 Å². The van der Waals surface area contributed by atoms with Crippen LogP contribution in [0.4, 0.5) is 0 Å². The van der Waals surface area contributed by atoms with E-state index in [0.717, 1.165) is 19.3 Å². The van der Waals surface area contributed by atoms with E-state index in [0.29, 0.717) is 46.2 Å². The van der Waals surface area contributed by atoms with Gasteiger partial charge in [0, 0.05) is 34.4 Å². The van der Waals surface area contributed by atoms with Crippen LogP contribution >= 0.6 is 0 Å². The van der Waals surface area contributed by atoms with E-state index in [2.05, 4.69) is 329 Å². The fraction of sp³-hybridized carbons (Fsp3) is 0.241. The highest BCUT2D eigenvalue weighted by Gasteiger charge is 2.51. The zero-order chi connectivity index (χ0) is 62.6. The standard InChI is InChI=1S/C30H32Si.C29H30Si.C28H28Si/c1-5-13-21(6-2)29-23-15-8-7-14-22(23)20-28(29)31(3,4)30-26-18-11-9-16-24(26)25-17-10-12-19-27(25)30;1-5-20(6-2)28-22-14-8-7-13-21(22)19-27(28)30(3,4)29-25-17-11-9-15-23(25)24-16-10-12-18-26(24)29;1-5-19(2)27-21-13-7-6-12-20(21)18-26(27)29(3,4)28-24-16-10-8-14-22(24)23-15-9-11-17-25(23)28/h5,7-12,14-21,29-30H,1,6,13H2,2-4H3;5,7-20,28-29H,1,6H2,2-4H3;6-18,27-28H,2,5H2,1,3-4H3. The summed E-state index contributed by atoms with van der Waals surface area (Å²) in [5, 5.41) is 5.05. The zero-order valence-corrected chi connectivity index (χ0v) is 57.7. The molecule has 0 radical (unpaired) electrons. The summed E-state index contributed by atoms with van der Waals surface area (Å²) in [4.78, 5) is 0. The topological polar surface area (TPSA) is 0 Å². The van der Waals surface area contributed by atoms with E-state index in [1.807, 2.05) is 0 Å². The molecule has 0 saturated carbocycles. The SMILES string of the molecule is C=C(CC)C1C([Si](C)(C)C2c3ccccc3-c3ccccc32)=Cc2ccccc21.C=CC(CC)C1C([Si](C)(C)C2c3ccccc3-c3ccccc32)=Cc2ccccc21.C=CCC(CC)C1C([Si](C)(C)C2c3ccccc3-c3ccccc32)=Cc2ccccc21. The molecule has 0 aliphatic heterocycles. The van der Waals surface area contributed by atoms with Crippen LogP contribution in [0.15, 0.2) is 271 Å². The van der Waals surface area contributed by atoms with Gasteiger partial charge in [0.2, 0.25) is 0 Å². The third-order valence-corrected chi connectivity index (χ3v) is 34.3. The van der Waals surface area contributed by atoms with E-state index >= 15 is 0 Å². The molecule has 0 heterocycles. The van der Waals surface area contributed by atoms with Crippen molar-refractivity contribution in [1.29, 1.82) is 0 Å². The number of allylic oxidation sites excluding steroid dienone is 6. The van der Waals surface area contributed by atoms with Crippen molar-refractivity contribution in [2.45, 2.75) is 120 Å². The summed E-state index contributed by atoms with van der Waals surface area (Å²) in [6.45, 7) is 35.3. The maximum atomic E-state index is 4.51. The second-order valence-electron chi connectivity index (χ2n) is 28.1. The molecule has 3 heteroatoms. The third kappa shape index (κ3) is 10.2. The maximum Gasteiger partial charge on any atom is 0.0889 e. The van der Waals surface area contributed by atoms with Gasteiger partial charge in [0.1, 0.15) is 0 Å². The molecular weight excluding hydrogens is 1130 g/mol. The Kier molecular flexibility index (Phi) is 16.7. The number of hydrogen-bond acceptors (Lipinski definition) is 0. The lowest BCUT2D eigenvalue weighted by molar-refractivity contribution is 0.464. The normalized spacial score (nSPS) is 18.0. The highest BCUT2D eigenvalue weighted by Crippen LogP contribution is 2.59. The second kappa shape index (κ2) is 24.7. The summed E-state index contributed by atoms with van der Waals surface area (Å²) in [6, 6.07) is 81.6. The first kappa shape index (κ1) is 61.0. The average Bonchev–Trinajstić information content (AvgIpc) is 1.62. The first-order valence-electron chi connectivity index (χ1n) is 33.6. The monoisotopic (exact) mass is 1220 g/mol. The lowest BCUT2D eigenvalue weighted by atomic mass is 9.83. The van der Waals surface area contributed by atoms with E-state index < -0.39 is 24.2 Å². The molecule has 15 rings (SSSR count). The molecule has 9 aromatic carbocycles. The van der Waals surface area contributed by atoms with Crippen molar-refractivity contribution >= 4 is 42.4 Å². The maximum absolute atomic E-state index is 4.51. The number of rotatable bonds is 15. The average molecular weight is 1220 g/mol. The molecule has 90 heavy (non-hydrogen) atoms. The summed E-state index contributed by atoms with van der Waals surface area (Å²) in [7, 11) is -5.64. The minimum absolute atomic E-state index is 0.373. The van der Waals surface area contributed by atoms with Crippen LogP contribution in [0.5, 0.6) is 0 Å². The van der Waals surface area contributed by atoms with Gasteiger partial charge < -0.3 is 0 Å². The Balaban J connectivity index is 0.000000124. The van der Waals surface area contributed by atoms with Gasteiger partial charge in [0.15, 0.2) is 0 Å². The van der Waals surface area contributed by atoms with Crippen LogP contribution in [-0.2, 0) is 0 Å². The summed E-state index contributed by atoms with van der Waals surface area (Å²) in [5.41, 5.74) is 29.3. The van der Waals surface area contributed by atoms with E-state index in [1.165, 1.54) is 112 Å². The van der Waals surface area contributed by atoms with Crippen LogP contribution in [0.1, 0.15) is 148 Å².